The summed E-state index contributed by atoms with van der Waals surface area (Å²) in [6.45, 7) is 16.2. The molecule has 0 aliphatic carbocycles. The summed E-state index contributed by atoms with van der Waals surface area (Å²) in [5.74, 6) is -1.71. The smallest absolute Gasteiger partial charge is 0.111 e. The number of para-hydroxylation sites is 1. The molecule has 0 aliphatic heterocycles. The monoisotopic (exact) mass is 539 g/mol. The number of imidazole rings is 1. The molecule has 3 nitrogen and oxygen atoms in total. The fourth-order valence-corrected chi connectivity index (χ4v) is 2.97. The number of aromatic nitrogens is 2. The molecule has 0 saturated carbocycles. The van der Waals surface area contributed by atoms with Crippen LogP contribution in [0.4, 0.5) is 5.69 Å². The van der Waals surface area contributed by atoms with Crippen molar-refractivity contribution >= 4 is 5.69 Å². The summed E-state index contributed by atoms with van der Waals surface area (Å²) in [4.78, 5) is 7.83. The van der Waals surface area contributed by atoms with E-state index in [1.807, 2.05) is 25.1 Å². The summed E-state index contributed by atoms with van der Waals surface area (Å²) in [6, 6.07) is 11.9. The molecular weight excluding hydrogens is 510 g/mol. The van der Waals surface area contributed by atoms with Gasteiger partial charge in [-0.2, -0.15) is 6.07 Å². The van der Waals surface area contributed by atoms with Gasteiger partial charge in [0.15, 0.2) is 0 Å². The molecule has 3 rings (SSSR count). The Morgan fingerprint density at radius 1 is 1.22 bits per heavy atom. The summed E-state index contributed by atoms with van der Waals surface area (Å²) < 4.78 is 35.6. The van der Waals surface area contributed by atoms with Gasteiger partial charge >= 0.3 is 0 Å². The van der Waals surface area contributed by atoms with Crippen LogP contribution in [-0.4, -0.2) is 9.55 Å². The van der Waals surface area contributed by atoms with Crippen LogP contribution < -0.4 is 0 Å². The van der Waals surface area contributed by atoms with Crippen LogP contribution in [0.1, 0.15) is 61.7 Å². The van der Waals surface area contributed by atoms with Crippen molar-refractivity contribution in [3.05, 3.63) is 76.9 Å². The molecule has 2 aromatic carbocycles. The van der Waals surface area contributed by atoms with Gasteiger partial charge in [-0.3, -0.25) is 9.83 Å². The Bertz CT molecular complexity index is 1130. The normalized spacial score (nSPS) is 13.6. The van der Waals surface area contributed by atoms with E-state index >= 15 is 0 Å². The molecule has 27 heavy (non-hydrogen) atoms. The predicted octanol–water partition coefficient (Wildman–Crippen LogP) is 6.44. The molecular formula is C23H24IrN3-. The molecule has 0 spiro atoms. The fourth-order valence-electron chi connectivity index (χ4n) is 2.97. The zero-order chi connectivity index (χ0) is 22.4. The third-order valence-corrected chi connectivity index (χ3v) is 4.36. The van der Waals surface area contributed by atoms with Crippen LogP contribution >= 0.6 is 0 Å². The van der Waals surface area contributed by atoms with Gasteiger partial charge in [0.25, 0.3) is 0 Å². The number of nitrogens with zero attached hydrogens (tertiary/aromatic N) is 3. The molecule has 3 aromatic rings. The molecule has 0 aliphatic rings. The molecule has 0 saturated heterocycles. The van der Waals surface area contributed by atoms with Crippen molar-refractivity contribution in [2.45, 2.75) is 46.4 Å². The third kappa shape index (κ3) is 4.05. The first-order chi connectivity index (χ1) is 13.9. The molecule has 1 aromatic heterocycles. The van der Waals surface area contributed by atoms with Gasteiger partial charge in [-0.15, -0.1) is 23.3 Å². The minimum atomic E-state index is -1.01. The van der Waals surface area contributed by atoms with Crippen LogP contribution in [0.15, 0.2) is 42.7 Å². The third-order valence-electron chi connectivity index (χ3n) is 4.36. The molecule has 1 heterocycles. The molecule has 0 fully saturated rings. The summed E-state index contributed by atoms with van der Waals surface area (Å²) in [5.41, 5.74) is 3.50. The van der Waals surface area contributed by atoms with Crippen LogP contribution in [-0.2, 0) is 20.1 Å². The predicted molar refractivity (Wildman–Crippen MR) is 107 cm³/mol. The second-order valence-electron chi connectivity index (χ2n) is 6.72. The first-order valence-electron chi connectivity index (χ1n) is 10.5. The van der Waals surface area contributed by atoms with E-state index in [9.17, 15) is 0 Å². The summed E-state index contributed by atoms with van der Waals surface area (Å²) in [5, 5.41) is 0. The maximum absolute atomic E-state index is 8.66. The maximum Gasteiger partial charge on any atom is 0.111 e. The zero-order valence-corrected chi connectivity index (χ0v) is 18.5. The van der Waals surface area contributed by atoms with E-state index in [0.29, 0.717) is 33.9 Å². The summed E-state index contributed by atoms with van der Waals surface area (Å²) in [6.07, 6.45) is -0.347. The van der Waals surface area contributed by atoms with Crippen molar-refractivity contribution in [1.82, 2.24) is 9.55 Å². The largest absolute Gasteiger partial charge is 0.340 e. The minimum Gasteiger partial charge on any atom is -0.340 e. The van der Waals surface area contributed by atoms with E-state index in [2.05, 4.69) is 15.9 Å². The second-order valence-corrected chi connectivity index (χ2v) is 6.72. The molecule has 1 radical (unpaired) electrons. The summed E-state index contributed by atoms with van der Waals surface area (Å²) in [7, 11) is 0. The van der Waals surface area contributed by atoms with Crippen molar-refractivity contribution in [3.63, 3.8) is 0 Å². The second kappa shape index (κ2) is 8.65. The topological polar surface area (TPSA) is 22.2 Å². The van der Waals surface area contributed by atoms with E-state index in [-0.39, 0.29) is 32.5 Å². The van der Waals surface area contributed by atoms with E-state index in [0.717, 1.165) is 5.56 Å². The molecule has 4 heteroatoms. The van der Waals surface area contributed by atoms with Crippen molar-refractivity contribution in [1.29, 1.82) is 0 Å². The van der Waals surface area contributed by atoms with Gasteiger partial charge in [0.1, 0.15) is 5.69 Å². The molecule has 0 unspecified atom stereocenters. The van der Waals surface area contributed by atoms with Crippen LogP contribution in [0.25, 0.3) is 21.9 Å². The molecule has 0 amide bonds. The first kappa shape index (κ1) is 15.8. The maximum atomic E-state index is 8.66. The van der Waals surface area contributed by atoms with Crippen LogP contribution in [0.2, 0.25) is 0 Å². The van der Waals surface area contributed by atoms with Gasteiger partial charge in [-0.25, -0.2) is 0 Å². The van der Waals surface area contributed by atoms with Crippen molar-refractivity contribution in [2.75, 3.05) is 0 Å². The van der Waals surface area contributed by atoms with E-state index < -0.39 is 11.8 Å². The Morgan fingerprint density at radius 2 is 1.85 bits per heavy atom. The van der Waals surface area contributed by atoms with Crippen LogP contribution in [0, 0.1) is 19.6 Å². The number of rotatable bonds is 4. The standard InChI is InChI=1S/C23H24N3.Ir/c1-15(2)19-8-7-9-20(16(3)4)22(19)26-13-12-25-23(26)18-11-10-17(5)21(14-18)24-6;/h7-10,12-16H,1-5H3;/q-1;/i12D,13D,15D,16D;. The van der Waals surface area contributed by atoms with Crippen molar-refractivity contribution in [3.8, 4) is 17.1 Å². The Morgan fingerprint density at radius 3 is 2.41 bits per heavy atom. The van der Waals surface area contributed by atoms with Gasteiger partial charge in [0.05, 0.1) is 15.1 Å². The molecule has 0 atom stereocenters. The minimum absolute atomic E-state index is 0. The number of hydrogen-bond donors (Lipinski definition) is 0. The van der Waals surface area contributed by atoms with E-state index in [1.165, 1.54) is 4.57 Å². The SMILES string of the molecule is [2H]c1nc(-c2[c-]cc(C)c([N+]#[C-])c2)n(-c2c(C([2H])(C)C)cccc2C([2H])(C)C)c1[2H].[Ir]. The first-order valence-corrected chi connectivity index (χ1v) is 8.46. The number of hydrogen-bond acceptors (Lipinski definition) is 1. The van der Waals surface area contributed by atoms with Crippen LogP contribution in [0.3, 0.4) is 0 Å². The van der Waals surface area contributed by atoms with Gasteiger partial charge in [-0.1, -0.05) is 52.8 Å². The van der Waals surface area contributed by atoms with Crippen molar-refractivity contribution in [2.24, 2.45) is 0 Å². The zero-order valence-electron chi connectivity index (χ0n) is 20.1. The van der Waals surface area contributed by atoms with Gasteiger partial charge in [0.2, 0.25) is 0 Å². The average molecular weight is 539 g/mol. The Labute approximate surface area is 181 Å². The fraction of sp³-hybridized carbons (Fsp3) is 0.304. The van der Waals surface area contributed by atoms with Crippen LogP contribution in [0.5, 0.6) is 0 Å². The molecule has 0 N–H and O–H groups in total. The number of benzene rings is 2. The average Bonchev–Trinajstić information content (AvgIpc) is 2.94. The van der Waals surface area contributed by atoms with E-state index in [1.54, 1.807) is 39.8 Å². The number of aryl methyl sites for hydroxylation is 1. The Balaban J connectivity index is 0.00000341. The van der Waals surface area contributed by atoms with Gasteiger partial charge in [0, 0.05) is 40.9 Å². The van der Waals surface area contributed by atoms with Gasteiger partial charge in [-0.05, 0) is 22.9 Å². The van der Waals surface area contributed by atoms with Crippen molar-refractivity contribution < 1.29 is 25.6 Å². The Kier molecular flexibility index (Phi) is 5.07. The van der Waals surface area contributed by atoms with E-state index in [4.69, 9.17) is 12.1 Å². The van der Waals surface area contributed by atoms with Gasteiger partial charge < -0.3 is 4.57 Å². The summed E-state index contributed by atoms with van der Waals surface area (Å²) >= 11 is 0. The molecule has 0 bridgehead atoms. The molecule has 141 valence electrons. The quantitative estimate of drug-likeness (QED) is 0.350. The Hall–Kier alpha value is -2.21.